The first-order valence-corrected chi connectivity index (χ1v) is 6.11. The molecular weight excluding hydrogens is 198 g/mol. The molecule has 16 heavy (non-hydrogen) atoms. The van der Waals surface area contributed by atoms with Crippen LogP contribution in [0.3, 0.4) is 0 Å². The van der Waals surface area contributed by atoms with Crippen LogP contribution in [0.15, 0.2) is 30.3 Å². The molecule has 0 heterocycles. The van der Waals surface area contributed by atoms with Gasteiger partial charge in [0.15, 0.2) is 0 Å². The van der Waals surface area contributed by atoms with E-state index in [0.717, 1.165) is 18.8 Å². The van der Waals surface area contributed by atoms with Crippen LogP contribution in [0.4, 0.5) is 0 Å². The van der Waals surface area contributed by atoms with Gasteiger partial charge in [-0.05, 0) is 45.6 Å². The Morgan fingerprint density at radius 2 is 1.62 bits per heavy atom. The van der Waals surface area contributed by atoms with E-state index >= 15 is 0 Å². The number of hydrogen-bond acceptors (Lipinski definition) is 2. The summed E-state index contributed by atoms with van der Waals surface area (Å²) in [5.74, 6) is 0.982. The Hall–Kier alpha value is -1.02. The lowest BCUT2D eigenvalue weighted by Gasteiger charge is -2.09. The second-order valence-corrected chi connectivity index (χ2v) is 4.38. The lowest BCUT2D eigenvalue weighted by Crippen LogP contribution is -2.12. The summed E-state index contributed by atoms with van der Waals surface area (Å²) in [5, 5.41) is 0. The van der Waals surface area contributed by atoms with Crippen molar-refractivity contribution in [3.05, 3.63) is 30.3 Å². The maximum Gasteiger partial charge on any atom is 0.119 e. The molecule has 0 N–H and O–H groups in total. The van der Waals surface area contributed by atoms with Crippen LogP contribution in [0, 0.1) is 0 Å². The standard InChI is InChI=1S/C14H23NO/c1-15(2)12-8-3-4-9-13-16-14-10-6-5-7-11-14/h5-7,10-11H,3-4,8-9,12-13H2,1-2H3. The summed E-state index contributed by atoms with van der Waals surface area (Å²) in [6, 6.07) is 10.0. The molecule has 0 aliphatic carbocycles. The fourth-order valence-corrected chi connectivity index (χ4v) is 1.59. The molecule has 1 aromatic carbocycles. The van der Waals surface area contributed by atoms with Gasteiger partial charge in [-0.3, -0.25) is 0 Å². The Morgan fingerprint density at radius 1 is 0.938 bits per heavy atom. The summed E-state index contributed by atoms with van der Waals surface area (Å²) in [5.41, 5.74) is 0. The van der Waals surface area contributed by atoms with Gasteiger partial charge in [0, 0.05) is 0 Å². The first-order valence-electron chi connectivity index (χ1n) is 6.11. The predicted molar refractivity (Wildman–Crippen MR) is 69.0 cm³/mol. The van der Waals surface area contributed by atoms with E-state index in [1.807, 2.05) is 30.3 Å². The zero-order valence-electron chi connectivity index (χ0n) is 10.5. The number of ether oxygens (including phenoxy) is 1. The summed E-state index contributed by atoms with van der Waals surface area (Å²) in [6.07, 6.45) is 5.01. The number of rotatable bonds is 8. The molecule has 0 bridgehead atoms. The van der Waals surface area contributed by atoms with Crippen LogP contribution in [0.2, 0.25) is 0 Å². The van der Waals surface area contributed by atoms with Crippen LogP contribution >= 0.6 is 0 Å². The first-order chi connectivity index (χ1) is 7.79. The molecule has 0 atom stereocenters. The summed E-state index contributed by atoms with van der Waals surface area (Å²) >= 11 is 0. The van der Waals surface area contributed by atoms with Crippen LogP contribution in [-0.2, 0) is 0 Å². The molecule has 1 aromatic rings. The van der Waals surface area contributed by atoms with Gasteiger partial charge < -0.3 is 9.64 Å². The molecule has 2 nitrogen and oxygen atoms in total. The van der Waals surface area contributed by atoms with Crippen molar-refractivity contribution in [2.24, 2.45) is 0 Å². The van der Waals surface area contributed by atoms with Crippen LogP contribution in [-0.4, -0.2) is 32.1 Å². The van der Waals surface area contributed by atoms with Crippen LogP contribution in [0.1, 0.15) is 25.7 Å². The van der Waals surface area contributed by atoms with Gasteiger partial charge in [0.1, 0.15) is 5.75 Å². The van der Waals surface area contributed by atoms with Crippen molar-refractivity contribution >= 4 is 0 Å². The Balaban J connectivity index is 1.93. The van der Waals surface area contributed by atoms with Crippen molar-refractivity contribution in [2.75, 3.05) is 27.2 Å². The van der Waals surface area contributed by atoms with Gasteiger partial charge in [-0.2, -0.15) is 0 Å². The van der Waals surface area contributed by atoms with E-state index in [1.165, 1.54) is 25.8 Å². The normalized spacial score (nSPS) is 10.7. The minimum atomic E-state index is 0.839. The molecule has 0 aliphatic heterocycles. The van der Waals surface area contributed by atoms with Crippen molar-refractivity contribution < 1.29 is 4.74 Å². The van der Waals surface area contributed by atoms with Crippen molar-refractivity contribution in [2.45, 2.75) is 25.7 Å². The van der Waals surface area contributed by atoms with Gasteiger partial charge in [0.05, 0.1) is 6.61 Å². The molecule has 0 amide bonds. The molecule has 2 heteroatoms. The summed E-state index contributed by atoms with van der Waals surface area (Å²) in [7, 11) is 4.25. The molecule has 0 radical (unpaired) electrons. The van der Waals surface area contributed by atoms with Gasteiger partial charge in [-0.1, -0.05) is 31.0 Å². The number of unbranched alkanes of at least 4 members (excludes halogenated alkanes) is 3. The van der Waals surface area contributed by atoms with E-state index in [9.17, 15) is 0 Å². The average Bonchev–Trinajstić information content (AvgIpc) is 2.29. The third-order valence-corrected chi connectivity index (χ3v) is 2.51. The second-order valence-electron chi connectivity index (χ2n) is 4.38. The summed E-state index contributed by atoms with van der Waals surface area (Å²) in [4.78, 5) is 2.24. The number of nitrogens with zero attached hydrogens (tertiary/aromatic N) is 1. The van der Waals surface area contributed by atoms with E-state index < -0.39 is 0 Å². The van der Waals surface area contributed by atoms with Crippen LogP contribution in [0.25, 0.3) is 0 Å². The maximum absolute atomic E-state index is 5.62. The second kappa shape index (κ2) is 8.17. The van der Waals surface area contributed by atoms with Gasteiger partial charge in [0.2, 0.25) is 0 Å². The molecular formula is C14H23NO. The lowest BCUT2D eigenvalue weighted by atomic mass is 10.2. The minimum Gasteiger partial charge on any atom is -0.494 e. The van der Waals surface area contributed by atoms with Gasteiger partial charge >= 0.3 is 0 Å². The monoisotopic (exact) mass is 221 g/mol. The summed E-state index contributed by atoms with van der Waals surface area (Å²) in [6.45, 7) is 2.03. The molecule has 0 spiro atoms. The highest BCUT2D eigenvalue weighted by Gasteiger charge is 1.94. The average molecular weight is 221 g/mol. The van der Waals surface area contributed by atoms with Crippen molar-refractivity contribution in [1.82, 2.24) is 4.90 Å². The Labute approximate surface area is 99.2 Å². The van der Waals surface area contributed by atoms with Gasteiger partial charge in [-0.15, -0.1) is 0 Å². The molecule has 0 unspecified atom stereocenters. The molecule has 90 valence electrons. The number of hydrogen-bond donors (Lipinski definition) is 0. The Kier molecular flexibility index (Phi) is 6.66. The highest BCUT2D eigenvalue weighted by atomic mass is 16.5. The van der Waals surface area contributed by atoms with Crippen LogP contribution in [0.5, 0.6) is 5.75 Å². The van der Waals surface area contributed by atoms with Crippen molar-refractivity contribution in [3.8, 4) is 5.75 Å². The zero-order chi connectivity index (χ0) is 11.6. The smallest absolute Gasteiger partial charge is 0.119 e. The molecule has 1 rings (SSSR count). The van der Waals surface area contributed by atoms with E-state index in [0.29, 0.717) is 0 Å². The van der Waals surface area contributed by atoms with Crippen LogP contribution < -0.4 is 4.74 Å². The molecule has 0 fully saturated rings. The zero-order valence-corrected chi connectivity index (χ0v) is 10.5. The van der Waals surface area contributed by atoms with E-state index in [4.69, 9.17) is 4.74 Å². The Bertz CT molecular complexity index is 259. The first kappa shape index (κ1) is 13.0. The molecule has 0 saturated heterocycles. The molecule has 0 aliphatic rings. The van der Waals surface area contributed by atoms with Gasteiger partial charge in [0.25, 0.3) is 0 Å². The molecule has 0 saturated carbocycles. The van der Waals surface area contributed by atoms with Gasteiger partial charge in [-0.25, -0.2) is 0 Å². The number of benzene rings is 1. The number of para-hydroxylation sites is 1. The van der Waals surface area contributed by atoms with Crippen molar-refractivity contribution in [1.29, 1.82) is 0 Å². The largest absolute Gasteiger partial charge is 0.494 e. The third kappa shape index (κ3) is 6.46. The van der Waals surface area contributed by atoms with Crippen molar-refractivity contribution in [3.63, 3.8) is 0 Å². The van der Waals surface area contributed by atoms with E-state index in [-0.39, 0.29) is 0 Å². The third-order valence-electron chi connectivity index (χ3n) is 2.51. The Morgan fingerprint density at radius 3 is 2.31 bits per heavy atom. The topological polar surface area (TPSA) is 12.5 Å². The van der Waals surface area contributed by atoms with E-state index in [2.05, 4.69) is 19.0 Å². The quantitative estimate of drug-likeness (QED) is 0.625. The SMILES string of the molecule is CN(C)CCCCCCOc1ccccc1. The minimum absolute atomic E-state index is 0.839. The lowest BCUT2D eigenvalue weighted by molar-refractivity contribution is 0.302. The highest BCUT2D eigenvalue weighted by molar-refractivity contribution is 5.20. The predicted octanol–water partition coefficient (Wildman–Crippen LogP) is 3.19. The summed E-state index contributed by atoms with van der Waals surface area (Å²) < 4.78 is 5.62. The fourth-order valence-electron chi connectivity index (χ4n) is 1.59. The maximum atomic E-state index is 5.62. The van der Waals surface area contributed by atoms with E-state index in [1.54, 1.807) is 0 Å². The highest BCUT2D eigenvalue weighted by Crippen LogP contribution is 2.09. The fraction of sp³-hybridized carbons (Fsp3) is 0.571. The molecule has 0 aromatic heterocycles.